The van der Waals surface area contributed by atoms with E-state index in [1.165, 1.54) is 19.2 Å². The van der Waals surface area contributed by atoms with Crippen molar-refractivity contribution in [2.75, 3.05) is 23.8 Å². The number of sulfonamides is 1. The average Bonchev–Trinajstić information content (AvgIpc) is 2.80. The van der Waals surface area contributed by atoms with E-state index in [4.69, 9.17) is 15.2 Å². The Morgan fingerprint density at radius 1 is 0.912 bits per heavy atom. The Kier molecular flexibility index (Phi) is 7.75. The lowest BCUT2D eigenvalue weighted by Gasteiger charge is -2.12. The second-order valence-corrected chi connectivity index (χ2v) is 9.04. The van der Waals surface area contributed by atoms with Crippen molar-refractivity contribution >= 4 is 33.2 Å². The van der Waals surface area contributed by atoms with Gasteiger partial charge in [-0.15, -0.1) is 0 Å². The van der Waals surface area contributed by atoms with Gasteiger partial charge in [-0.2, -0.15) is 0 Å². The van der Waals surface area contributed by atoms with Crippen LogP contribution in [0.25, 0.3) is 0 Å². The van der Waals surface area contributed by atoms with Crippen LogP contribution in [0.5, 0.6) is 11.5 Å². The number of aryl methyl sites for hydroxylation is 1. The van der Waals surface area contributed by atoms with Gasteiger partial charge in [-0.25, -0.2) is 8.42 Å². The molecular weight excluding hydrogens is 458 g/mol. The van der Waals surface area contributed by atoms with Gasteiger partial charge in [0.1, 0.15) is 11.5 Å². The van der Waals surface area contributed by atoms with E-state index >= 15 is 0 Å². The number of amides is 2. The van der Waals surface area contributed by atoms with Crippen LogP contribution in [-0.2, 0) is 14.8 Å². The SMILES string of the molecule is COc1ccc(NS(=O)(=O)c2ccc(C)c(C(=O)Nc3ccc(OCCC(N)=O)cc3)c2)cc1. The van der Waals surface area contributed by atoms with E-state index in [2.05, 4.69) is 10.0 Å². The maximum atomic E-state index is 12.9. The van der Waals surface area contributed by atoms with Crippen LogP contribution in [-0.4, -0.2) is 33.9 Å². The minimum absolute atomic E-state index is 0.0442. The number of primary amides is 1. The van der Waals surface area contributed by atoms with Crippen LogP contribution in [0.4, 0.5) is 11.4 Å². The monoisotopic (exact) mass is 483 g/mol. The molecule has 0 fully saturated rings. The summed E-state index contributed by atoms with van der Waals surface area (Å²) in [6, 6.07) is 17.4. The smallest absolute Gasteiger partial charge is 0.261 e. The lowest BCUT2D eigenvalue weighted by atomic mass is 10.1. The third-order valence-corrected chi connectivity index (χ3v) is 6.21. The number of hydrogen-bond donors (Lipinski definition) is 3. The third-order valence-electron chi connectivity index (χ3n) is 4.84. The average molecular weight is 484 g/mol. The summed E-state index contributed by atoms with van der Waals surface area (Å²) in [5, 5.41) is 2.74. The first-order valence-corrected chi connectivity index (χ1v) is 11.8. The molecule has 3 aromatic rings. The van der Waals surface area contributed by atoms with E-state index in [9.17, 15) is 18.0 Å². The van der Waals surface area contributed by atoms with Crippen molar-refractivity contribution in [1.29, 1.82) is 0 Å². The van der Waals surface area contributed by atoms with E-state index in [0.29, 0.717) is 28.4 Å². The topological polar surface area (TPSA) is 137 Å². The van der Waals surface area contributed by atoms with Gasteiger partial charge in [-0.3, -0.25) is 14.3 Å². The van der Waals surface area contributed by atoms with Crippen LogP contribution >= 0.6 is 0 Å². The number of nitrogens with one attached hydrogen (secondary N) is 2. The molecule has 0 saturated heterocycles. The van der Waals surface area contributed by atoms with E-state index in [0.717, 1.165) is 0 Å². The first-order valence-electron chi connectivity index (χ1n) is 10.3. The summed E-state index contributed by atoms with van der Waals surface area (Å²) >= 11 is 0. The molecule has 0 bridgehead atoms. The zero-order valence-electron chi connectivity index (χ0n) is 18.7. The third kappa shape index (κ3) is 6.48. The second kappa shape index (κ2) is 10.7. The highest BCUT2D eigenvalue weighted by Gasteiger charge is 2.18. The zero-order valence-corrected chi connectivity index (χ0v) is 19.5. The van der Waals surface area contributed by atoms with E-state index in [-0.39, 0.29) is 23.5 Å². The molecule has 0 aromatic heterocycles. The second-order valence-electron chi connectivity index (χ2n) is 7.35. The molecule has 2 amide bonds. The number of anilines is 2. The Labute approximate surface area is 197 Å². The Morgan fingerprint density at radius 2 is 1.53 bits per heavy atom. The highest BCUT2D eigenvalue weighted by molar-refractivity contribution is 7.92. The number of nitrogens with two attached hydrogens (primary N) is 1. The molecule has 9 nitrogen and oxygen atoms in total. The molecule has 0 unspecified atom stereocenters. The summed E-state index contributed by atoms with van der Waals surface area (Å²) in [5.41, 5.74) is 6.78. The molecule has 178 valence electrons. The molecule has 10 heteroatoms. The molecule has 3 aromatic carbocycles. The number of carbonyl (C=O) groups excluding carboxylic acids is 2. The van der Waals surface area contributed by atoms with Gasteiger partial charge < -0.3 is 20.5 Å². The van der Waals surface area contributed by atoms with Crippen molar-refractivity contribution in [3.8, 4) is 11.5 Å². The van der Waals surface area contributed by atoms with E-state index in [1.807, 2.05) is 0 Å². The van der Waals surface area contributed by atoms with Crippen molar-refractivity contribution in [1.82, 2.24) is 0 Å². The van der Waals surface area contributed by atoms with Crippen molar-refractivity contribution < 1.29 is 27.5 Å². The molecule has 34 heavy (non-hydrogen) atoms. The number of ether oxygens (including phenoxy) is 2. The minimum Gasteiger partial charge on any atom is -0.497 e. The van der Waals surface area contributed by atoms with Gasteiger partial charge in [0, 0.05) is 16.9 Å². The molecule has 0 saturated carbocycles. The standard InChI is InChI=1S/C24H25N3O6S/c1-16-3-12-21(34(30,31)27-18-6-8-19(32-2)9-7-18)15-22(16)24(29)26-17-4-10-20(11-5-17)33-14-13-23(25)28/h3-12,15,27H,13-14H2,1-2H3,(H2,25,28)(H,26,29). The predicted octanol–water partition coefficient (Wildman–Crippen LogP) is 3.31. The molecule has 0 aliphatic rings. The van der Waals surface area contributed by atoms with Gasteiger partial charge in [0.15, 0.2) is 0 Å². The van der Waals surface area contributed by atoms with Crippen molar-refractivity contribution in [2.45, 2.75) is 18.2 Å². The molecule has 0 aliphatic heterocycles. The quantitative estimate of drug-likeness (QED) is 0.405. The first-order chi connectivity index (χ1) is 16.2. The molecule has 0 atom stereocenters. The lowest BCUT2D eigenvalue weighted by Crippen LogP contribution is -2.17. The lowest BCUT2D eigenvalue weighted by molar-refractivity contribution is -0.118. The van der Waals surface area contributed by atoms with E-state index < -0.39 is 21.8 Å². The van der Waals surface area contributed by atoms with Crippen LogP contribution in [0.1, 0.15) is 22.3 Å². The first kappa shape index (κ1) is 24.6. The van der Waals surface area contributed by atoms with Crippen LogP contribution < -0.4 is 25.2 Å². The Balaban J connectivity index is 1.72. The van der Waals surface area contributed by atoms with Crippen LogP contribution in [0.2, 0.25) is 0 Å². The molecule has 0 heterocycles. The van der Waals surface area contributed by atoms with Crippen LogP contribution in [0.15, 0.2) is 71.6 Å². The summed E-state index contributed by atoms with van der Waals surface area (Å²) in [6.07, 6.45) is 0.102. The van der Waals surface area contributed by atoms with Crippen molar-refractivity contribution in [2.24, 2.45) is 5.73 Å². The fraction of sp³-hybridized carbons (Fsp3) is 0.167. The van der Waals surface area contributed by atoms with Gasteiger partial charge in [-0.1, -0.05) is 6.07 Å². The summed E-state index contributed by atoms with van der Waals surface area (Å²) in [4.78, 5) is 23.6. The number of methoxy groups -OCH3 is 1. The molecule has 4 N–H and O–H groups in total. The molecule has 0 aliphatic carbocycles. The predicted molar refractivity (Wildman–Crippen MR) is 129 cm³/mol. The maximum absolute atomic E-state index is 12.9. The highest BCUT2D eigenvalue weighted by atomic mass is 32.2. The maximum Gasteiger partial charge on any atom is 0.261 e. The largest absolute Gasteiger partial charge is 0.497 e. The number of benzene rings is 3. The molecular formula is C24H25N3O6S. The van der Waals surface area contributed by atoms with Gasteiger partial charge in [0.05, 0.1) is 25.0 Å². The van der Waals surface area contributed by atoms with Gasteiger partial charge in [0.25, 0.3) is 15.9 Å². The Hall–Kier alpha value is -4.05. The van der Waals surface area contributed by atoms with E-state index in [1.54, 1.807) is 61.5 Å². The number of hydrogen-bond acceptors (Lipinski definition) is 6. The zero-order chi connectivity index (χ0) is 24.7. The Bertz CT molecular complexity index is 1270. The van der Waals surface area contributed by atoms with Gasteiger partial charge >= 0.3 is 0 Å². The summed E-state index contributed by atoms with van der Waals surface area (Å²) in [7, 11) is -2.40. The minimum atomic E-state index is -3.92. The van der Waals surface area contributed by atoms with Gasteiger partial charge in [-0.05, 0) is 73.2 Å². The number of rotatable bonds is 10. The van der Waals surface area contributed by atoms with Crippen LogP contribution in [0.3, 0.4) is 0 Å². The highest BCUT2D eigenvalue weighted by Crippen LogP contribution is 2.23. The molecule has 0 radical (unpaired) electrons. The van der Waals surface area contributed by atoms with Crippen LogP contribution in [0, 0.1) is 6.92 Å². The summed E-state index contributed by atoms with van der Waals surface area (Å²) in [6.45, 7) is 1.88. The summed E-state index contributed by atoms with van der Waals surface area (Å²) < 4.78 is 38.7. The fourth-order valence-corrected chi connectivity index (χ4v) is 4.07. The van der Waals surface area contributed by atoms with Gasteiger partial charge in [0.2, 0.25) is 5.91 Å². The normalized spacial score (nSPS) is 10.9. The molecule has 0 spiro atoms. The van der Waals surface area contributed by atoms with Crippen molar-refractivity contribution in [3.05, 3.63) is 77.9 Å². The Morgan fingerprint density at radius 3 is 2.15 bits per heavy atom. The fourth-order valence-electron chi connectivity index (χ4n) is 2.99. The molecule has 3 rings (SSSR count). The van der Waals surface area contributed by atoms with Crippen molar-refractivity contribution in [3.63, 3.8) is 0 Å². The number of carbonyl (C=O) groups is 2. The summed E-state index contributed by atoms with van der Waals surface area (Å²) in [5.74, 6) is 0.208.